The fraction of sp³-hybridized carbons (Fsp3) is 0.120. The maximum atomic E-state index is 13.1. The molecule has 1 aromatic heterocycles. The molecule has 0 unspecified atom stereocenters. The number of carbonyl (C=O) groups excluding carboxylic acids is 1. The Morgan fingerprint density at radius 2 is 1.61 bits per heavy atom. The van der Waals surface area contributed by atoms with E-state index in [0.29, 0.717) is 28.3 Å². The van der Waals surface area contributed by atoms with Gasteiger partial charge in [-0.25, -0.2) is 0 Å². The smallest absolute Gasteiger partial charge is 0.265 e. The lowest BCUT2D eigenvalue weighted by molar-refractivity contribution is -0.120. The Labute approximate surface area is 179 Å². The van der Waals surface area contributed by atoms with Crippen LogP contribution in [-0.2, 0) is 11.3 Å². The molecule has 6 nitrogen and oxygen atoms in total. The van der Waals surface area contributed by atoms with Crippen LogP contribution in [0.1, 0.15) is 5.56 Å². The van der Waals surface area contributed by atoms with E-state index in [1.54, 1.807) is 36.3 Å². The summed E-state index contributed by atoms with van der Waals surface area (Å²) >= 11 is 0. The van der Waals surface area contributed by atoms with Gasteiger partial charge in [-0.05, 0) is 47.9 Å². The molecule has 0 atom stereocenters. The molecule has 6 heteroatoms. The Hall–Kier alpha value is -4.06. The summed E-state index contributed by atoms with van der Waals surface area (Å²) in [7, 11) is 1.58. The Morgan fingerprint density at radius 3 is 2.32 bits per heavy atom. The van der Waals surface area contributed by atoms with Gasteiger partial charge in [0.25, 0.3) is 11.5 Å². The quantitative estimate of drug-likeness (QED) is 0.493. The number of H-pyrrole nitrogens is 1. The molecule has 31 heavy (non-hydrogen) atoms. The Bertz CT molecular complexity index is 1240. The molecule has 0 saturated heterocycles. The molecule has 156 valence electrons. The topological polar surface area (TPSA) is 71.6 Å². The molecule has 0 bridgehead atoms. The number of hydrogen-bond donors (Lipinski definition) is 1. The molecular formula is C25H22N2O4. The predicted octanol–water partition coefficient (Wildman–Crippen LogP) is 4.15. The van der Waals surface area contributed by atoms with Crippen LogP contribution >= 0.6 is 0 Å². The van der Waals surface area contributed by atoms with Gasteiger partial charge < -0.3 is 19.4 Å². The van der Waals surface area contributed by atoms with Gasteiger partial charge in [-0.3, -0.25) is 9.59 Å². The van der Waals surface area contributed by atoms with Crippen molar-refractivity contribution in [2.24, 2.45) is 0 Å². The third-order valence-electron chi connectivity index (χ3n) is 4.93. The third kappa shape index (κ3) is 4.75. The normalized spacial score (nSPS) is 10.6. The van der Waals surface area contributed by atoms with Gasteiger partial charge >= 0.3 is 0 Å². The summed E-state index contributed by atoms with van der Waals surface area (Å²) in [6.07, 6.45) is 0. The number of anilines is 1. The van der Waals surface area contributed by atoms with Crippen molar-refractivity contribution >= 4 is 22.5 Å². The predicted molar refractivity (Wildman–Crippen MR) is 121 cm³/mol. The molecule has 1 amide bonds. The maximum Gasteiger partial charge on any atom is 0.265 e. The number of rotatable bonds is 7. The maximum absolute atomic E-state index is 13.1. The number of aromatic amines is 1. The summed E-state index contributed by atoms with van der Waals surface area (Å²) in [6, 6.07) is 25.7. The average Bonchev–Trinajstić information content (AvgIpc) is 2.82. The molecular weight excluding hydrogens is 392 g/mol. The number of fused-ring (bicyclic) bond motifs is 1. The first-order valence-electron chi connectivity index (χ1n) is 9.87. The average molecular weight is 414 g/mol. The first kappa shape index (κ1) is 20.2. The summed E-state index contributed by atoms with van der Waals surface area (Å²) in [5.74, 6) is 1.03. The summed E-state index contributed by atoms with van der Waals surface area (Å²) in [5.41, 5.74) is 1.60. The number of methoxy groups -OCH3 is 1. The second-order valence-electron chi connectivity index (χ2n) is 6.99. The minimum atomic E-state index is -0.251. The van der Waals surface area contributed by atoms with Gasteiger partial charge in [0.2, 0.25) is 0 Å². The monoisotopic (exact) mass is 414 g/mol. The summed E-state index contributed by atoms with van der Waals surface area (Å²) in [5, 5.41) is 0.858. The van der Waals surface area contributed by atoms with Crippen molar-refractivity contribution in [3.8, 4) is 11.5 Å². The van der Waals surface area contributed by atoms with Crippen LogP contribution in [0.15, 0.2) is 89.7 Å². The van der Waals surface area contributed by atoms with Gasteiger partial charge in [0.15, 0.2) is 6.61 Å². The second kappa shape index (κ2) is 9.17. The number of ether oxygens (including phenoxy) is 2. The van der Waals surface area contributed by atoms with Crippen LogP contribution in [0.3, 0.4) is 0 Å². The van der Waals surface area contributed by atoms with Crippen LogP contribution in [0.25, 0.3) is 10.9 Å². The molecule has 0 aliphatic heterocycles. The fourth-order valence-electron chi connectivity index (χ4n) is 3.31. The zero-order valence-corrected chi connectivity index (χ0v) is 17.1. The van der Waals surface area contributed by atoms with E-state index in [1.165, 1.54) is 0 Å². The van der Waals surface area contributed by atoms with Crippen LogP contribution in [0.4, 0.5) is 5.69 Å². The van der Waals surface area contributed by atoms with Crippen LogP contribution in [0.5, 0.6) is 11.5 Å². The number of pyridine rings is 1. The number of carbonyl (C=O) groups is 1. The van der Waals surface area contributed by atoms with Crippen molar-refractivity contribution in [3.63, 3.8) is 0 Å². The molecule has 1 heterocycles. The van der Waals surface area contributed by atoms with E-state index in [4.69, 9.17) is 9.47 Å². The molecule has 0 fully saturated rings. The summed E-state index contributed by atoms with van der Waals surface area (Å²) in [4.78, 5) is 30.2. The van der Waals surface area contributed by atoms with Crippen molar-refractivity contribution in [1.82, 2.24) is 4.98 Å². The second-order valence-corrected chi connectivity index (χ2v) is 6.99. The van der Waals surface area contributed by atoms with Gasteiger partial charge in [-0.1, -0.05) is 36.4 Å². The molecule has 3 aromatic carbocycles. The number of nitrogens with zero attached hydrogens (tertiary/aromatic N) is 1. The Morgan fingerprint density at radius 1 is 0.903 bits per heavy atom. The number of benzene rings is 3. The number of amides is 1. The lowest BCUT2D eigenvalue weighted by Crippen LogP contribution is -2.36. The lowest BCUT2D eigenvalue weighted by Gasteiger charge is -2.23. The van der Waals surface area contributed by atoms with E-state index >= 15 is 0 Å². The molecule has 4 aromatic rings. The highest BCUT2D eigenvalue weighted by Crippen LogP contribution is 2.21. The third-order valence-corrected chi connectivity index (χ3v) is 4.93. The zero-order valence-electron chi connectivity index (χ0n) is 17.1. The standard InChI is InChI=1S/C25H22N2O4/c1-30-22-13-12-18-14-19(25(29)26-23(18)15-22)16-27(20-8-4-2-5-9-20)24(28)17-31-21-10-6-3-7-11-21/h2-15H,16-17H2,1H3,(H,26,29). The van der Waals surface area contributed by atoms with Crippen LogP contribution < -0.4 is 19.9 Å². The minimum absolute atomic E-state index is 0.123. The van der Waals surface area contributed by atoms with Gasteiger partial charge in [-0.2, -0.15) is 0 Å². The highest BCUT2D eigenvalue weighted by Gasteiger charge is 2.19. The largest absolute Gasteiger partial charge is 0.497 e. The number of para-hydroxylation sites is 2. The molecule has 0 aliphatic rings. The number of aromatic nitrogens is 1. The van der Waals surface area contributed by atoms with E-state index in [2.05, 4.69) is 4.98 Å². The van der Waals surface area contributed by atoms with Crippen LogP contribution in [-0.4, -0.2) is 24.6 Å². The van der Waals surface area contributed by atoms with Gasteiger partial charge in [0, 0.05) is 17.3 Å². The zero-order chi connectivity index (χ0) is 21.6. The van der Waals surface area contributed by atoms with E-state index in [0.717, 1.165) is 5.39 Å². The molecule has 0 saturated carbocycles. The number of hydrogen-bond acceptors (Lipinski definition) is 4. The summed E-state index contributed by atoms with van der Waals surface area (Å²) < 4.78 is 10.9. The molecule has 0 radical (unpaired) electrons. The lowest BCUT2D eigenvalue weighted by atomic mass is 10.1. The van der Waals surface area contributed by atoms with E-state index in [1.807, 2.05) is 60.7 Å². The van der Waals surface area contributed by atoms with E-state index < -0.39 is 0 Å². The molecule has 0 spiro atoms. The van der Waals surface area contributed by atoms with E-state index in [-0.39, 0.29) is 24.6 Å². The fourth-order valence-corrected chi connectivity index (χ4v) is 3.31. The molecule has 4 rings (SSSR count). The Balaban J connectivity index is 1.62. The van der Waals surface area contributed by atoms with Gasteiger partial charge in [0.05, 0.1) is 19.2 Å². The first-order chi connectivity index (χ1) is 15.1. The van der Waals surface area contributed by atoms with Crippen molar-refractivity contribution < 1.29 is 14.3 Å². The van der Waals surface area contributed by atoms with Crippen molar-refractivity contribution in [1.29, 1.82) is 0 Å². The summed E-state index contributed by atoms with van der Waals surface area (Å²) in [6.45, 7) is -0.0140. The number of nitrogens with one attached hydrogen (secondary N) is 1. The van der Waals surface area contributed by atoms with E-state index in [9.17, 15) is 9.59 Å². The highest BCUT2D eigenvalue weighted by atomic mass is 16.5. The molecule has 0 aliphatic carbocycles. The SMILES string of the molecule is COc1ccc2cc(CN(C(=O)COc3ccccc3)c3ccccc3)c(=O)[nH]c2c1. The van der Waals surface area contributed by atoms with Gasteiger partial charge in [0.1, 0.15) is 11.5 Å². The van der Waals surface area contributed by atoms with Crippen LogP contribution in [0.2, 0.25) is 0 Å². The van der Waals surface area contributed by atoms with Crippen LogP contribution in [0, 0.1) is 0 Å². The highest BCUT2D eigenvalue weighted by molar-refractivity contribution is 5.94. The minimum Gasteiger partial charge on any atom is -0.497 e. The van der Waals surface area contributed by atoms with Crippen molar-refractivity contribution in [2.45, 2.75) is 6.54 Å². The van der Waals surface area contributed by atoms with Gasteiger partial charge in [-0.15, -0.1) is 0 Å². The first-order valence-corrected chi connectivity index (χ1v) is 9.87. The van der Waals surface area contributed by atoms with Crippen molar-refractivity contribution in [2.75, 3.05) is 18.6 Å². The van der Waals surface area contributed by atoms with Crippen molar-refractivity contribution in [3.05, 3.63) is 101 Å². The Kier molecular flexibility index (Phi) is 5.98. The molecule has 1 N–H and O–H groups in total.